The van der Waals surface area contributed by atoms with E-state index in [0.29, 0.717) is 17.6 Å². The molecule has 0 aromatic carbocycles. The maximum atomic E-state index is 7.89. The van der Waals surface area contributed by atoms with Crippen LogP contribution in [0.1, 0.15) is 55.5 Å². The summed E-state index contributed by atoms with van der Waals surface area (Å²) in [7, 11) is 0. The van der Waals surface area contributed by atoms with Gasteiger partial charge in [0.25, 0.3) is 0 Å². The second kappa shape index (κ2) is 10.0. The Kier molecular flexibility index (Phi) is 6.73. The van der Waals surface area contributed by atoms with Gasteiger partial charge in [0, 0.05) is 24.8 Å². The highest BCUT2D eigenvalue weighted by Crippen LogP contribution is 2.22. The van der Waals surface area contributed by atoms with Gasteiger partial charge in [0.05, 0.1) is 34.9 Å². The molecule has 0 aliphatic rings. The van der Waals surface area contributed by atoms with Crippen molar-refractivity contribution in [3.05, 3.63) is 77.9 Å². The number of fused-ring (bicyclic) bond motifs is 1. The first-order valence-electron chi connectivity index (χ1n) is 10.8. The van der Waals surface area contributed by atoms with E-state index >= 15 is 0 Å². The van der Waals surface area contributed by atoms with Gasteiger partial charge in [-0.3, -0.25) is 15.0 Å². The minimum absolute atomic E-state index is 0.0984. The van der Waals surface area contributed by atoms with E-state index in [1.807, 2.05) is 49.4 Å². The van der Waals surface area contributed by atoms with Crippen molar-refractivity contribution in [1.29, 1.82) is 5.41 Å². The van der Waals surface area contributed by atoms with Crippen molar-refractivity contribution in [1.82, 2.24) is 25.1 Å². The predicted octanol–water partition coefficient (Wildman–Crippen LogP) is 5.25. The monoisotopic (exact) mass is 438 g/mol. The Morgan fingerprint density at radius 1 is 0.939 bits per heavy atom. The first kappa shape index (κ1) is 22.1. The highest BCUT2D eigenvalue weighted by atomic mass is 15.2. The van der Waals surface area contributed by atoms with E-state index in [0.717, 1.165) is 27.9 Å². The van der Waals surface area contributed by atoms with Gasteiger partial charge in [-0.1, -0.05) is 19.9 Å². The van der Waals surface area contributed by atoms with Gasteiger partial charge in [0.2, 0.25) is 0 Å². The van der Waals surface area contributed by atoms with Gasteiger partial charge in [-0.25, -0.2) is 4.98 Å². The Morgan fingerprint density at radius 3 is 2.58 bits per heavy atom. The molecular weight excluding hydrogens is 412 g/mol. The first-order chi connectivity index (χ1) is 16.0. The second-order valence-corrected chi connectivity index (χ2v) is 8.08. The van der Waals surface area contributed by atoms with Crippen LogP contribution in [-0.2, 0) is 0 Å². The van der Waals surface area contributed by atoms with Crippen LogP contribution in [0.5, 0.6) is 0 Å². The molecule has 2 unspecified atom stereocenters. The van der Waals surface area contributed by atoms with Crippen LogP contribution in [0.25, 0.3) is 11.0 Å². The Bertz CT molecular complexity index is 1270. The molecule has 0 fully saturated rings. The molecule has 0 radical (unpaired) electrons. The van der Waals surface area contributed by atoms with E-state index in [-0.39, 0.29) is 12.0 Å². The van der Waals surface area contributed by atoms with Gasteiger partial charge in [-0.05, 0) is 60.4 Å². The van der Waals surface area contributed by atoms with Crippen LogP contribution >= 0.6 is 0 Å². The minimum atomic E-state index is -0.305. The molecule has 33 heavy (non-hydrogen) atoms. The summed E-state index contributed by atoms with van der Waals surface area (Å²) in [6.45, 7) is 6.21. The molecule has 4 heterocycles. The zero-order valence-electron chi connectivity index (χ0n) is 18.8. The fraction of sp³-hybridized carbons (Fsp3) is 0.240. The average molecular weight is 439 g/mol. The fourth-order valence-electron chi connectivity index (χ4n) is 3.31. The van der Waals surface area contributed by atoms with Gasteiger partial charge in [-0.15, -0.1) is 5.10 Å². The lowest BCUT2D eigenvalue weighted by atomic mass is 10.0. The topological polar surface area (TPSA) is 113 Å². The molecule has 8 nitrogen and oxygen atoms in total. The van der Waals surface area contributed by atoms with Crippen LogP contribution in [0.15, 0.2) is 66.0 Å². The third kappa shape index (κ3) is 5.41. The Balaban J connectivity index is 1.56. The van der Waals surface area contributed by atoms with Crippen molar-refractivity contribution in [3.8, 4) is 0 Å². The molecule has 0 saturated heterocycles. The zero-order chi connectivity index (χ0) is 23.2. The van der Waals surface area contributed by atoms with Gasteiger partial charge < -0.3 is 10.7 Å². The maximum Gasteiger partial charge on any atom is 0.154 e. The summed E-state index contributed by atoms with van der Waals surface area (Å²) in [6.07, 6.45) is 8.41. The molecule has 0 spiro atoms. The van der Waals surface area contributed by atoms with Crippen LogP contribution in [0, 0.1) is 5.41 Å². The van der Waals surface area contributed by atoms with Crippen LogP contribution in [0.2, 0.25) is 0 Å². The van der Waals surface area contributed by atoms with Gasteiger partial charge in [0.15, 0.2) is 5.82 Å². The van der Waals surface area contributed by atoms with Crippen molar-refractivity contribution in [3.63, 3.8) is 0 Å². The number of aliphatic imine (C=N–C) groups is 1. The molecule has 0 aliphatic heterocycles. The van der Waals surface area contributed by atoms with E-state index in [1.165, 1.54) is 6.21 Å². The van der Waals surface area contributed by atoms with Crippen molar-refractivity contribution in [2.75, 3.05) is 5.32 Å². The van der Waals surface area contributed by atoms with Crippen molar-refractivity contribution in [2.45, 2.75) is 38.6 Å². The summed E-state index contributed by atoms with van der Waals surface area (Å²) in [5, 5.41) is 19.3. The third-order valence-electron chi connectivity index (χ3n) is 5.31. The minimum Gasteiger partial charge on any atom is -0.323 e. The van der Waals surface area contributed by atoms with Crippen molar-refractivity contribution in [2.24, 2.45) is 4.99 Å². The van der Waals surface area contributed by atoms with Crippen molar-refractivity contribution < 1.29 is 0 Å². The summed E-state index contributed by atoms with van der Waals surface area (Å²) >= 11 is 0. The first-order valence-corrected chi connectivity index (χ1v) is 10.8. The number of anilines is 2. The summed E-state index contributed by atoms with van der Waals surface area (Å²) in [5.74, 6) is 1.35. The number of hydrogen-bond acceptors (Lipinski definition) is 8. The van der Waals surface area contributed by atoms with Crippen LogP contribution < -0.4 is 5.32 Å². The lowest BCUT2D eigenvalue weighted by Crippen LogP contribution is -2.05. The highest BCUT2D eigenvalue weighted by molar-refractivity contribution is 5.90. The summed E-state index contributed by atoms with van der Waals surface area (Å²) in [5.41, 5.74) is 4.33. The van der Waals surface area contributed by atoms with Gasteiger partial charge in [-0.2, -0.15) is 5.10 Å². The molecule has 0 amide bonds. The van der Waals surface area contributed by atoms with Gasteiger partial charge in [0.1, 0.15) is 5.82 Å². The largest absolute Gasteiger partial charge is 0.323 e. The molecular formula is C25H26N8. The van der Waals surface area contributed by atoms with Crippen LogP contribution in [0.3, 0.4) is 0 Å². The van der Waals surface area contributed by atoms with Crippen LogP contribution in [-0.4, -0.2) is 37.6 Å². The Morgan fingerprint density at radius 2 is 1.82 bits per heavy atom. The number of aromatic nitrogens is 5. The SMILES string of the molecule is CC(C)c1cnnc(Nc2ccc3ncc(C(C=N)C=NC(C)c4ccccn4)cc3n2)c1. The second-order valence-electron chi connectivity index (χ2n) is 8.08. The maximum absolute atomic E-state index is 7.89. The molecule has 4 aromatic rings. The van der Waals surface area contributed by atoms with E-state index < -0.39 is 0 Å². The normalized spacial score (nSPS) is 13.3. The standard InChI is InChI=1S/C25H26N8/c1-16(2)18-11-25(33-30-15-18)32-24-8-7-22-23(31-24)10-19(13-29-22)20(12-26)14-28-17(3)21-6-4-5-9-27-21/h4-17,20,26H,1-3H3,(H,31,32,33). The summed E-state index contributed by atoms with van der Waals surface area (Å²) in [6, 6.07) is 13.4. The number of pyridine rings is 3. The molecule has 4 aromatic heterocycles. The Labute approximate surface area is 192 Å². The summed E-state index contributed by atoms with van der Waals surface area (Å²) in [4.78, 5) is 18.2. The molecule has 4 rings (SSSR count). The average Bonchev–Trinajstić information content (AvgIpc) is 2.84. The smallest absolute Gasteiger partial charge is 0.154 e. The number of hydrogen-bond donors (Lipinski definition) is 2. The van der Waals surface area contributed by atoms with Gasteiger partial charge >= 0.3 is 0 Å². The highest BCUT2D eigenvalue weighted by Gasteiger charge is 2.11. The predicted molar refractivity (Wildman–Crippen MR) is 132 cm³/mol. The molecule has 2 atom stereocenters. The third-order valence-corrected chi connectivity index (χ3v) is 5.31. The van der Waals surface area contributed by atoms with E-state index in [1.54, 1.807) is 24.8 Å². The van der Waals surface area contributed by atoms with E-state index in [9.17, 15) is 0 Å². The molecule has 2 N–H and O–H groups in total. The molecule has 0 bridgehead atoms. The lowest BCUT2D eigenvalue weighted by Gasteiger charge is -2.11. The Hall–Kier alpha value is -4.07. The number of nitrogens with zero attached hydrogens (tertiary/aromatic N) is 6. The van der Waals surface area contributed by atoms with E-state index in [2.05, 4.69) is 44.3 Å². The molecule has 0 saturated carbocycles. The summed E-state index contributed by atoms with van der Waals surface area (Å²) < 4.78 is 0. The molecule has 166 valence electrons. The lowest BCUT2D eigenvalue weighted by molar-refractivity contribution is 0.784. The van der Waals surface area contributed by atoms with Crippen LogP contribution in [0.4, 0.5) is 11.6 Å². The number of nitrogens with one attached hydrogen (secondary N) is 2. The number of rotatable bonds is 8. The molecule has 8 heteroatoms. The molecule has 0 aliphatic carbocycles. The zero-order valence-corrected chi connectivity index (χ0v) is 18.8. The van der Waals surface area contributed by atoms with Crippen molar-refractivity contribution >= 4 is 35.1 Å². The quantitative estimate of drug-likeness (QED) is 0.363. The van der Waals surface area contributed by atoms with E-state index in [4.69, 9.17) is 10.4 Å². The fourth-order valence-corrected chi connectivity index (χ4v) is 3.31.